The van der Waals surface area contributed by atoms with Crippen LogP contribution in [0.25, 0.3) is 0 Å². The number of thioether (sulfide) groups is 1. The minimum Gasteiger partial charge on any atom is -0.493 e. The van der Waals surface area contributed by atoms with Crippen molar-refractivity contribution in [2.45, 2.75) is 30.0 Å². The number of hydrogen-bond donors (Lipinski definition) is 1. The van der Waals surface area contributed by atoms with E-state index in [0.29, 0.717) is 35.2 Å². The lowest BCUT2D eigenvalue weighted by Gasteiger charge is -2.17. The standard InChI is InChI=1S/C20H24ClNO4S/c1-5-18(27-15-8-6-14(21)7-9-15)20(23)22-12-13-10-16(24-2)19(26-4)17(11-13)25-3/h6-11,18H,5,12H2,1-4H3,(H,22,23)/t18-/m1/s1. The summed E-state index contributed by atoms with van der Waals surface area (Å²) < 4.78 is 16.0. The molecule has 2 aromatic carbocycles. The summed E-state index contributed by atoms with van der Waals surface area (Å²) in [6.07, 6.45) is 0.717. The highest BCUT2D eigenvalue weighted by molar-refractivity contribution is 8.00. The zero-order valence-electron chi connectivity index (χ0n) is 15.9. The Morgan fingerprint density at radius 1 is 1.07 bits per heavy atom. The number of nitrogens with one attached hydrogen (secondary N) is 1. The van der Waals surface area contributed by atoms with Gasteiger partial charge in [-0.05, 0) is 48.4 Å². The van der Waals surface area contributed by atoms with Gasteiger partial charge in [-0.1, -0.05) is 18.5 Å². The maximum atomic E-state index is 12.6. The van der Waals surface area contributed by atoms with E-state index in [9.17, 15) is 4.79 Å². The number of rotatable bonds is 9. The van der Waals surface area contributed by atoms with Crippen molar-refractivity contribution in [1.82, 2.24) is 5.32 Å². The fourth-order valence-electron chi connectivity index (χ4n) is 2.54. The van der Waals surface area contributed by atoms with Gasteiger partial charge in [-0.25, -0.2) is 0 Å². The molecular formula is C20H24ClNO4S. The topological polar surface area (TPSA) is 56.8 Å². The first kappa shape index (κ1) is 21.3. The average Bonchev–Trinajstić information content (AvgIpc) is 2.70. The van der Waals surface area contributed by atoms with Crippen LogP contribution in [0.15, 0.2) is 41.3 Å². The van der Waals surface area contributed by atoms with Gasteiger partial charge in [0.2, 0.25) is 11.7 Å². The third-order valence-electron chi connectivity index (χ3n) is 3.95. The first-order valence-electron chi connectivity index (χ1n) is 8.51. The first-order valence-corrected chi connectivity index (χ1v) is 9.76. The van der Waals surface area contributed by atoms with Gasteiger partial charge in [0.1, 0.15) is 0 Å². The molecule has 2 aromatic rings. The minimum atomic E-state index is -0.187. The zero-order valence-corrected chi connectivity index (χ0v) is 17.4. The fraction of sp³-hybridized carbons (Fsp3) is 0.350. The number of ether oxygens (including phenoxy) is 3. The van der Waals surface area contributed by atoms with E-state index in [1.54, 1.807) is 21.3 Å². The highest BCUT2D eigenvalue weighted by Gasteiger charge is 2.19. The number of methoxy groups -OCH3 is 3. The zero-order chi connectivity index (χ0) is 19.8. The lowest BCUT2D eigenvalue weighted by Crippen LogP contribution is -2.31. The Kier molecular flexibility index (Phi) is 8.13. The molecule has 0 unspecified atom stereocenters. The molecule has 0 aliphatic rings. The molecule has 0 fully saturated rings. The van der Waals surface area contributed by atoms with Crippen molar-refractivity contribution in [3.63, 3.8) is 0 Å². The first-order chi connectivity index (χ1) is 13.0. The molecule has 0 aromatic heterocycles. The molecule has 1 N–H and O–H groups in total. The van der Waals surface area contributed by atoms with E-state index in [-0.39, 0.29) is 11.2 Å². The number of halogens is 1. The molecule has 1 atom stereocenters. The summed E-state index contributed by atoms with van der Waals surface area (Å²) in [6, 6.07) is 11.1. The molecule has 0 aliphatic carbocycles. The molecule has 0 radical (unpaired) electrons. The van der Waals surface area contributed by atoms with Crippen LogP contribution in [0.1, 0.15) is 18.9 Å². The van der Waals surface area contributed by atoms with E-state index in [2.05, 4.69) is 5.32 Å². The number of hydrogen-bond acceptors (Lipinski definition) is 5. The van der Waals surface area contributed by atoms with E-state index >= 15 is 0 Å². The second kappa shape index (κ2) is 10.3. The third-order valence-corrected chi connectivity index (χ3v) is 5.57. The van der Waals surface area contributed by atoms with Crippen molar-refractivity contribution >= 4 is 29.3 Å². The van der Waals surface area contributed by atoms with E-state index in [4.69, 9.17) is 25.8 Å². The molecule has 0 spiro atoms. The molecule has 0 saturated carbocycles. The minimum absolute atomic E-state index is 0.0220. The predicted molar refractivity (Wildman–Crippen MR) is 109 cm³/mol. The molecule has 146 valence electrons. The van der Waals surface area contributed by atoms with Crippen LogP contribution in [0.3, 0.4) is 0 Å². The number of amides is 1. The molecule has 0 aliphatic heterocycles. The third kappa shape index (κ3) is 5.71. The largest absolute Gasteiger partial charge is 0.493 e. The second-order valence-electron chi connectivity index (χ2n) is 5.72. The number of benzene rings is 2. The lowest BCUT2D eigenvalue weighted by atomic mass is 10.1. The molecule has 2 rings (SSSR count). The van der Waals surface area contributed by atoms with Crippen molar-refractivity contribution in [2.24, 2.45) is 0 Å². The maximum Gasteiger partial charge on any atom is 0.233 e. The lowest BCUT2D eigenvalue weighted by molar-refractivity contribution is -0.120. The Balaban J connectivity index is 2.05. The van der Waals surface area contributed by atoms with Crippen LogP contribution >= 0.6 is 23.4 Å². The molecular weight excluding hydrogens is 386 g/mol. The van der Waals surface area contributed by atoms with Crippen LogP contribution in [0, 0.1) is 0 Å². The van der Waals surface area contributed by atoms with Crippen molar-refractivity contribution in [2.75, 3.05) is 21.3 Å². The van der Waals surface area contributed by atoms with Gasteiger partial charge < -0.3 is 19.5 Å². The highest BCUT2D eigenvalue weighted by Crippen LogP contribution is 2.38. The molecule has 0 heterocycles. The summed E-state index contributed by atoms with van der Waals surface area (Å²) in [5, 5.41) is 3.48. The van der Waals surface area contributed by atoms with Crippen molar-refractivity contribution in [1.29, 1.82) is 0 Å². The van der Waals surface area contributed by atoms with Crippen molar-refractivity contribution in [3.05, 3.63) is 47.0 Å². The Morgan fingerprint density at radius 2 is 1.67 bits per heavy atom. The van der Waals surface area contributed by atoms with Crippen LogP contribution in [-0.4, -0.2) is 32.5 Å². The number of carbonyl (C=O) groups excluding carboxylic acids is 1. The highest BCUT2D eigenvalue weighted by atomic mass is 35.5. The monoisotopic (exact) mass is 409 g/mol. The van der Waals surface area contributed by atoms with E-state index < -0.39 is 0 Å². The van der Waals surface area contributed by atoms with Crippen LogP contribution in [-0.2, 0) is 11.3 Å². The van der Waals surface area contributed by atoms with Gasteiger partial charge >= 0.3 is 0 Å². The van der Waals surface area contributed by atoms with Crippen LogP contribution < -0.4 is 19.5 Å². The average molecular weight is 410 g/mol. The Bertz CT molecular complexity index is 742. The van der Waals surface area contributed by atoms with E-state index in [1.165, 1.54) is 11.8 Å². The summed E-state index contributed by atoms with van der Waals surface area (Å²) in [7, 11) is 4.69. The Hall–Kier alpha value is -2.05. The van der Waals surface area contributed by atoms with E-state index in [0.717, 1.165) is 10.5 Å². The fourth-order valence-corrected chi connectivity index (χ4v) is 3.64. The smallest absolute Gasteiger partial charge is 0.233 e. The normalized spacial score (nSPS) is 11.6. The molecule has 0 bridgehead atoms. The van der Waals surface area contributed by atoms with Crippen LogP contribution in [0.2, 0.25) is 5.02 Å². The molecule has 27 heavy (non-hydrogen) atoms. The number of carbonyl (C=O) groups is 1. The summed E-state index contributed by atoms with van der Waals surface area (Å²) in [6.45, 7) is 2.36. The van der Waals surface area contributed by atoms with Crippen molar-refractivity contribution < 1.29 is 19.0 Å². The Morgan fingerprint density at radius 3 is 2.15 bits per heavy atom. The van der Waals surface area contributed by atoms with Gasteiger partial charge in [0.25, 0.3) is 0 Å². The van der Waals surface area contributed by atoms with Gasteiger partial charge in [0, 0.05) is 16.5 Å². The van der Waals surface area contributed by atoms with Gasteiger partial charge in [0.05, 0.1) is 26.6 Å². The molecule has 7 heteroatoms. The summed E-state index contributed by atoms with van der Waals surface area (Å²) in [4.78, 5) is 13.6. The van der Waals surface area contributed by atoms with Gasteiger partial charge in [0.15, 0.2) is 11.5 Å². The van der Waals surface area contributed by atoms with E-state index in [1.807, 2.05) is 43.3 Å². The van der Waals surface area contributed by atoms with Gasteiger partial charge in [-0.2, -0.15) is 0 Å². The summed E-state index contributed by atoms with van der Waals surface area (Å²) in [5.41, 5.74) is 0.865. The maximum absolute atomic E-state index is 12.6. The van der Waals surface area contributed by atoms with Gasteiger partial charge in [-0.3, -0.25) is 4.79 Å². The van der Waals surface area contributed by atoms with Gasteiger partial charge in [-0.15, -0.1) is 11.8 Å². The Labute approximate surface area is 169 Å². The van der Waals surface area contributed by atoms with Crippen molar-refractivity contribution in [3.8, 4) is 17.2 Å². The molecule has 5 nitrogen and oxygen atoms in total. The SMILES string of the molecule is CC[C@@H](Sc1ccc(Cl)cc1)C(=O)NCc1cc(OC)c(OC)c(OC)c1. The predicted octanol–water partition coefficient (Wildman–Crippen LogP) is 4.55. The van der Waals surface area contributed by atoms with Crippen LogP contribution in [0.4, 0.5) is 0 Å². The second-order valence-corrected chi connectivity index (χ2v) is 7.43. The van der Waals surface area contributed by atoms with Crippen LogP contribution in [0.5, 0.6) is 17.2 Å². The molecule has 1 amide bonds. The quantitative estimate of drug-likeness (QED) is 0.615. The summed E-state index contributed by atoms with van der Waals surface area (Å²) >= 11 is 7.44. The molecule has 0 saturated heterocycles. The summed E-state index contributed by atoms with van der Waals surface area (Å²) in [5.74, 6) is 1.62.